The van der Waals surface area contributed by atoms with Gasteiger partial charge in [-0.05, 0) is 42.8 Å². The molecule has 2 fully saturated rings. The number of piperazine rings is 1. The van der Waals surface area contributed by atoms with Crippen LogP contribution in [-0.4, -0.2) is 70.6 Å². The zero-order valence-corrected chi connectivity index (χ0v) is 17.8. The van der Waals surface area contributed by atoms with E-state index in [4.69, 9.17) is 0 Å². The molecular formula is C24H29N5O. The van der Waals surface area contributed by atoms with Crippen LogP contribution in [0.5, 0.6) is 0 Å². The maximum atomic E-state index is 13.0. The molecule has 2 aromatic heterocycles. The van der Waals surface area contributed by atoms with Gasteiger partial charge in [0.15, 0.2) is 0 Å². The van der Waals surface area contributed by atoms with Gasteiger partial charge >= 0.3 is 0 Å². The number of amides is 1. The Bertz CT molecular complexity index is 1050. The van der Waals surface area contributed by atoms with Gasteiger partial charge in [-0.25, -0.2) is 4.98 Å². The van der Waals surface area contributed by atoms with Gasteiger partial charge in [-0.1, -0.05) is 13.0 Å². The number of hydrogen-bond acceptors (Lipinski definition) is 4. The van der Waals surface area contributed by atoms with E-state index in [1.54, 1.807) is 0 Å². The number of aromatic nitrogens is 2. The number of fused-ring (bicyclic) bond motifs is 1. The van der Waals surface area contributed by atoms with Gasteiger partial charge in [0.25, 0.3) is 5.91 Å². The van der Waals surface area contributed by atoms with Gasteiger partial charge in [0.05, 0.1) is 0 Å². The van der Waals surface area contributed by atoms with Crippen molar-refractivity contribution >= 4 is 22.6 Å². The molecule has 0 radical (unpaired) electrons. The smallest absolute Gasteiger partial charge is 0.253 e. The first-order valence-electron chi connectivity index (χ1n) is 10.9. The summed E-state index contributed by atoms with van der Waals surface area (Å²) in [6.07, 6.45) is 2.85. The third-order valence-electron chi connectivity index (χ3n) is 6.70. The highest BCUT2D eigenvalue weighted by atomic mass is 16.2. The van der Waals surface area contributed by atoms with Crippen molar-refractivity contribution in [3.05, 3.63) is 59.9 Å². The van der Waals surface area contributed by atoms with Crippen molar-refractivity contribution in [2.45, 2.75) is 19.4 Å². The number of carbonyl (C=O) groups is 1. The van der Waals surface area contributed by atoms with Gasteiger partial charge in [-0.3, -0.25) is 9.69 Å². The lowest BCUT2D eigenvalue weighted by Crippen LogP contribution is -2.64. The Labute approximate surface area is 177 Å². The van der Waals surface area contributed by atoms with Crippen molar-refractivity contribution in [2.24, 2.45) is 7.05 Å². The first-order valence-corrected chi connectivity index (χ1v) is 10.9. The van der Waals surface area contributed by atoms with E-state index in [0.717, 1.165) is 62.5 Å². The van der Waals surface area contributed by atoms with E-state index in [1.807, 2.05) is 29.3 Å². The molecule has 3 aromatic rings. The average Bonchev–Trinajstić information content (AvgIpc) is 3.09. The summed E-state index contributed by atoms with van der Waals surface area (Å²) in [6.45, 7) is 7.86. The third-order valence-corrected chi connectivity index (χ3v) is 6.70. The Morgan fingerprint density at radius 2 is 1.87 bits per heavy atom. The van der Waals surface area contributed by atoms with Crippen LogP contribution in [0, 0.1) is 0 Å². The van der Waals surface area contributed by atoms with Crippen molar-refractivity contribution in [3.8, 4) is 0 Å². The van der Waals surface area contributed by atoms with Crippen LogP contribution in [0.1, 0.15) is 23.0 Å². The number of rotatable bonds is 4. The van der Waals surface area contributed by atoms with Crippen LogP contribution in [-0.2, 0) is 13.5 Å². The number of benzene rings is 1. The fourth-order valence-electron chi connectivity index (χ4n) is 4.77. The molecule has 5 rings (SSSR count). The summed E-state index contributed by atoms with van der Waals surface area (Å²) in [5.41, 5.74) is 3.29. The highest BCUT2D eigenvalue weighted by Crippen LogP contribution is 2.24. The van der Waals surface area contributed by atoms with Crippen LogP contribution in [0.15, 0.2) is 48.7 Å². The molecule has 30 heavy (non-hydrogen) atoms. The molecule has 0 unspecified atom stereocenters. The Morgan fingerprint density at radius 3 is 2.57 bits per heavy atom. The number of hydrogen-bond donors (Lipinski definition) is 0. The molecule has 156 valence electrons. The number of pyridine rings is 1. The van der Waals surface area contributed by atoms with Crippen LogP contribution in [0.25, 0.3) is 10.9 Å². The zero-order chi connectivity index (χ0) is 20.7. The minimum atomic E-state index is 0.155. The fraction of sp³-hybridized carbons (Fsp3) is 0.417. The standard InChI is InChI=1S/C24H29N5O/c1-3-20-15-19-14-18(7-8-22(19)26(20)2)24(30)29-16-21(17-29)27-10-12-28(13-11-27)23-6-4-5-9-25-23/h4-9,14-15,21H,3,10-13,16-17H2,1-2H3. The molecule has 2 aliphatic heterocycles. The van der Waals surface area contributed by atoms with Crippen molar-refractivity contribution in [2.75, 3.05) is 44.2 Å². The topological polar surface area (TPSA) is 44.6 Å². The number of nitrogens with zero attached hydrogens (tertiary/aromatic N) is 5. The normalized spacial score (nSPS) is 18.1. The molecule has 0 bridgehead atoms. The maximum Gasteiger partial charge on any atom is 0.253 e. The Balaban J connectivity index is 1.18. The summed E-state index contributed by atoms with van der Waals surface area (Å²) >= 11 is 0. The molecule has 0 N–H and O–H groups in total. The quantitative estimate of drug-likeness (QED) is 0.672. The molecule has 0 spiro atoms. The molecule has 6 nitrogen and oxygen atoms in total. The summed E-state index contributed by atoms with van der Waals surface area (Å²) in [5, 5.41) is 1.16. The maximum absolute atomic E-state index is 13.0. The van der Waals surface area contributed by atoms with Gasteiger partial charge in [0, 0.05) is 80.7 Å². The van der Waals surface area contributed by atoms with E-state index in [2.05, 4.69) is 57.6 Å². The molecule has 2 aliphatic rings. The molecule has 2 saturated heterocycles. The largest absolute Gasteiger partial charge is 0.354 e. The van der Waals surface area contributed by atoms with E-state index < -0.39 is 0 Å². The number of likely N-dealkylation sites (tertiary alicyclic amines) is 1. The predicted molar refractivity (Wildman–Crippen MR) is 120 cm³/mol. The summed E-state index contributed by atoms with van der Waals surface area (Å²) in [4.78, 5) is 24.3. The SMILES string of the molecule is CCc1cc2cc(C(=O)N3CC(N4CCN(c5ccccn5)CC4)C3)ccc2n1C. The third kappa shape index (κ3) is 3.35. The lowest BCUT2D eigenvalue weighted by molar-refractivity contribution is 0.0246. The second-order valence-corrected chi connectivity index (χ2v) is 8.40. The summed E-state index contributed by atoms with van der Waals surface area (Å²) < 4.78 is 2.22. The van der Waals surface area contributed by atoms with Crippen molar-refractivity contribution < 1.29 is 4.79 Å². The Kier molecular flexibility index (Phi) is 4.95. The minimum Gasteiger partial charge on any atom is -0.354 e. The van der Waals surface area contributed by atoms with E-state index in [0.29, 0.717) is 6.04 Å². The molecule has 6 heteroatoms. The van der Waals surface area contributed by atoms with E-state index >= 15 is 0 Å². The number of anilines is 1. The first kappa shape index (κ1) is 19.1. The molecule has 0 atom stereocenters. The lowest BCUT2D eigenvalue weighted by atomic mass is 10.0. The van der Waals surface area contributed by atoms with E-state index in [-0.39, 0.29) is 5.91 Å². The predicted octanol–water partition coefficient (Wildman–Crippen LogP) is 2.78. The van der Waals surface area contributed by atoms with Crippen molar-refractivity contribution in [1.82, 2.24) is 19.4 Å². The second kappa shape index (κ2) is 7.76. The highest BCUT2D eigenvalue weighted by Gasteiger charge is 2.36. The summed E-state index contributed by atoms with van der Waals surface area (Å²) in [5.74, 6) is 1.22. The zero-order valence-electron chi connectivity index (χ0n) is 17.8. The van der Waals surface area contributed by atoms with Crippen LogP contribution in [0.4, 0.5) is 5.82 Å². The molecule has 0 saturated carbocycles. The highest BCUT2D eigenvalue weighted by molar-refractivity contribution is 5.98. The second-order valence-electron chi connectivity index (χ2n) is 8.40. The van der Waals surface area contributed by atoms with Gasteiger partial charge in [0.1, 0.15) is 5.82 Å². The number of aryl methyl sites for hydroxylation is 2. The molecule has 0 aliphatic carbocycles. The van der Waals surface area contributed by atoms with Crippen LogP contribution in [0.2, 0.25) is 0 Å². The number of carbonyl (C=O) groups excluding carboxylic acids is 1. The van der Waals surface area contributed by atoms with Crippen LogP contribution in [0.3, 0.4) is 0 Å². The Hall–Kier alpha value is -2.86. The van der Waals surface area contributed by atoms with Crippen molar-refractivity contribution in [1.29, 1.82) is 0 Å². The van der Waals surface area contributed by atoms with Gasteiger partial charge < -0.3 is 14.4 Å². The minimum absolute atomic E-state index is 0.155. The molecular weight excluding hydrogens is 374 g/mol. The van der Waals surface area contributed by atoms with Gasteiger partial charge in [-0.2, -0.15) is 0 Å². The first-order chi connectivity index (χ1) is 14.6. The van der Waals surface area contributed by atoms with Gasteiger partial charge in [0.2, 0.25) is 0 Å². The summed E-state index contributed by atoms with van der Waals surface area (Å²) in [6, 6.07) is 14.9. The molecule has 4 heterocycles. The van der Waals surface area contributed by atoms with Crippen LogP contribution < -0.4 is 4.90 Å². The Morgan fingerprint density at radius 1 is 1.07 bits per heavy atom. The van der Waals surface area contributed by atoms with Gasteiger partial charge in [-0.15, -0.1) is 0 Å². The summed E-state index contributed by atoms with van der Waals surface area (Å²) in [7, 11) is 2.09. The van der Waals surface area contributed by atoms with Crippen LogP contribution >= 0.6 is 0 Å². The molecule has 1 amide bonds. The van der Waals surface area contributed by atoms with Crippen molar-refractivity contribution in [3.63, 3.8) is 0 Å². The monoisotopic (exact) mass is 403 g/mol. The fourth-order valence-corrected chi connectivity index (χ4v) is 4.77. The van der Waals surface area contributed by atoms with E-state index in [9.17, 15) is 4.79 Å². The average molecular weight is 404 g/mol. The molecule has 1 aromatic carbocycles. The lowest BCUT2D eigenvalue weighted by Gasteiger charge is -2.48. The van der Waals surface area contributed by atoms with E-state index in [1.165, 1.54) is 11.2 Å².